The summed E-state index contributed by atoms with van der Waals surface area (Å²) in [6.45, 7) is 1.32. The summed E-state index contributed by atoms with van der Waals surface area (Å²) in [7, 11) is -3.61. The molecule has 12 heteroatoms. The Kier molecular flexibility index (Phi) is 6.72. The zero-order valence-corrected chi connectivity index (χ0v) is 17.2. The monoisotopic (exact) mass is 450 g/mol. The summed E-state index contributed by atoms with van der Waals surface area (Å²) in [6, 6.07) is 11.2. The summed E-state index contributed by atoms with van der Waals surface area (Å²) in [5.74, 6) is -0.609. The van der Waals surface area contributed by atoms with E-state index in [1.165, 1.54) is 46.8 Å². The van der Waals surface area contributed by atoms with E-state index >= 15 is 0 Å². The largest absolute Gasteiger partial charge is 0.379 e. The molecule has 0 unspecified atom stereocenters. The van der Waals surface area contributed by atoms with Crippen LogP contribution in [0.3, 0.4) is 0 Å². The normalized spacial score (nSPS) is 14.7. The van der Waals surface area contributed by atoms with Crippen molar-refractivity contribution in [3.8, 4) is 0 Å². The number of anilines is 1. The maximum absolute atomic E-state index is 12.6. The van der Waals surface area contributed by atoms with Crippen LogP contribution in [0.25, 0.3) is 0 Å². The van der Waals surface area contributed by atoms with Gasteiger partial charge in [-0.05, 0) is 42.5 Å². The number of hydrogen-bond donors (Lipinski definition) is 2. The first-order valence-electron chi connectivity index (χ1n) is 8.82. The predicted octanol–water partition coefficient (Wildman–Crippen LogP) is 1.74. The zero-order valence-electron chi connectivity index (χ0n) is 15.6. The Morgan fingerprint density at radius 1 is 1.13 bits per heavy atom. The molecule has 2 N–H and O–H groups in total. The predicted molar refractivity (Wildman–Crippen MR) is 113 cm³/mol. The fraction of sp³-hybridized carbons (Fsp3) is 0.222. The quantitative estimate of drug-likeness (QED) is 0.400. The van der Waals surface area contributed by atoms with Crippen LogP contribution in [-0.4, -0.2) is 55.0 Å². The Morgan fingerprint density at radius 3 is 2.43 bits per heavy atom. The Morgan fingerprint density at radius 2 is 1.80 bits per heavy atom. The molecule has 1 saturated heterocycles. The first kappa shape index (κ1) is 21.8. The average Bonchev–Trinajstić information content (AvgIpc) is 2.74. The highest BCUT2D eigenvalue weighted by Crippen LogP contribution is 2.19. The van der Waals surface area contributed by atoms with Gasteiger partial charge >= 0.3 is 0 Å². The lowest BCUT2D eigenvalue weighted by atomic mass is 10.2. The van der Waals surface area contributed by atoms with Crippen molar-refractivity contribution in [2.75, 3.05) is 31.6 Å². The van der Waals surface area contributed by atoms with Gasteiger partial charge in [0.05, 0.1) is 23.0 Å². The van der Waals surface area contributed by atoms with Crippen molar-refractivity contribution in [2.45, 2.75) is 4.90 Å². The van der Waals surface area contributed by atoms with Gasteiger partial charge < -0.3 is 10.1 Å². The summed E-state index contributed by atoms with van der Waals surface area (Å²) >= 11 is 5.09. The van der Waals surface area contributed by atoms with E-state index in [-0.39, 0.29) is 21.3 Å². The van der Waals surface area contributed by atoms with Gasteiger partial charge in [0.15, 0.2) is 5.11 Å². The Hall–Kier alpha value is -2.93. The van der Waals surface area contributed by atoms with E-state index < -0.39 is 20.9 Å². The Labute approximate surface area is 178 Å². The molecule has 1 amide bonds. The van der Waals surface area contributed by atoms with Gasteiger partial charge in [-0.1, -0.05) is 6.07 Å². The van der Waals surface area contributed by atoms with Crippen molar-refractivity contribution in [2.24, 2.45) is 0 Å². The highest BCUT2D eigenvalue weighted by atomic mass is 32.2. The number of morpholine rings is 1. The highest BCUT2D eigenvalue weighted by Gasteiger charge is 2.26. The molecule has 1 aliphatic rings. The number of nitro benzene ring substituents is 1. The molecular formula is C18H18N4O6S2. The van der Waals surface area contributed by atoms with Crippen LogP contribution in [0, 0.1) is 10.1 Å². The lowest BCUT2D eigenvalue weighted by Crippen LogP contribution is -2.40. The van der Waals surface area contributed by atoms with E-state index in [1.807, 2.05) is 0 Å². The SMILES string of the molecule is O=C(NC(=S)Nc1ccc(S(=O)(=O)N2CCOCC2)cc1)c1cccc([N+](=O)[O-])c1. The van der Waals surface area contributed by atoms with E-state index in [2.05, 4.69) is 10.6 Å². The van der Waals surface area contributed by atoms with E-state index in [0.717, 1.165) is 6.07 Å². The van der Waals surface area contributed by atoms with Crippen molar-refractivity contribution in [3.63, 3.8) is 0 Å². The molecule has 1 heterocycles. The van der Waals surface area contributed by atoms with Gasteiger partial charge in [-0.15, -0.1) is 0 Å². The third kappa shape index (κ3) is 5.16. The van der Waals surface area contributed by atoms with E-state index in [9.17, 15) is 23.3 Å². The lowest BCUT2D eigenvalue weighted by molar-refractivity contribution is -0.384. The van der Waals surface area contributed by atoms with Gasteiger partial charge in [0.1, 0.15) is 0 Å². The second-order valence-electron chi connectivity index (χ2n) is 6.26. The Bertz CT molecular complexity index is 1070. The number of nitrogens with zero attached hydrogens (tertiary/aromatic N) is 2. The molecule has 0 atom stereocenters. The molecule has 0 bridgehead atoms. The minimum Gasteiger partial charge on any atom is -0.379 e. The number of benzene rings is 2. The molecule has 2 aromatic rings. The summed E-state index contributed by atoms with van der Waals surface area (Å²) in [5, 5.41) is 16.0. The molecule has 0 saturated carbocycles. The van der Waals surface area contributed by atoms with Gasteiger partial charge in [-0.25, -0.2) is 8.42 Å². The van der Waals surface area contributed by atoms with Crippen molar-refractivity contribution in [3.05, 3.63) is 64.2 Å². The minimum atomic E-state index is -3.61. The first-order valence-corrected chi connectivity index (χ1v) is 10.7. The van der Waals surface area contributed by atoms with Crippen LogP contribution in [0.2, 0.25) is 0 Å². The fourth-order valence-corrected chi connectivity index (χ4v) is 4.36. The van der Waals surface area contributed by atoms with Crippen molar-refractivity contribution in [1.82, 2.24) is 9.62 Å². The molecule has 2 aromatic carbocycles. The van der Waals surface area contributed by atoms with Crippen LogP contribution >= 0.6 is 12.2 Å². The second kappa shape index (κ2) is 9.26. The van der Waals surface area contributed by atoms with E-state index in [0.29, 0.717) is 32.0 Å². The number of rotatable bonds is 5. The van der Waals surface area contributed by atoms with Crippen molar-refractivity contribution >= 4 is 44.6 Å². The summed E-state index contributed by atoms with van der Waals surface area (Å²) < 4.78 is 31.8. The summed E-state index contributed by atoms with van der Waals surface area (Å²) in [4.78, 5) is 22.6. The van der Waals surface area contributed by atoms with E-state index in [4.69, 9.17) is 17.0 Å². The van der Waals surface area contributed by atoms with Crippen LogP contribution in [0.4, 0.5) is 11.4 Å². The van der Waals surface area contributed by atoms with Crippen molar-refractivity contribution < 1.29 is 22.9 Å². The molecule has 0 aliphatic carbocycles. The number of sulfonamides is 1. The molecule has 158 valence electrons. The van der Waals surface area contributed by atoms with Crippen LogP contribution in [0.5, 0.6) is 0 Å². The number of hydrogen-bond acceptors (Lipinski definition) is 7. The minimum absolute atomic E-state index is 0.0321. The molecule has 1 fully saturated rings. The van der Waals surface area contributed by atoms with Crippen LogP contribution in [-0.2, 0) is 14.8 Å². The fourth-order valence-electron chi connectivity index (χ4n) is 2.74. The van der Waals surface area contributed by atoms with Gasteiger partial charge in [-0.2, -0.15) is 4.31 Å². The van der Waals surface area contributed by atoms with Crippen LogP contribution in [0.1, 0.15) is 10.4 Å². The van der Waals surface area contributed by atoms with Gasteiger partial charge in [-0.3, -0.25) is 20.2 Å². The summed E-state index contributed by atoms with van der Waals surface area (Å²) in [5.41, 5.74) is 0.346. The molecular weight excluding hydrogens is 432 g/mol. The molecule has 10 nitrogen and oxygen atoms in total. The standard InChI is InChI=1S/C18H18N4O6S2/c23-17(13-2-1-3-15(12-13)22(24)25)20-18(29)19-14-4-6-16(7-5-14)30(26,27)21-8-10-28-11-9-21/h1-7,12H,8-11H2,(H2,19,20,23,29). The molecule has 0 radical (unpaired) electrons. The average molecular weight is 450 g/mol. The second-order valence-corrected chi connectivity index (χ2v) is 8.60. The number of carbonyl (C=O) groups excluding carboxylic acids is 1. The first-order chi connectivity index (χ1) is 14.3. The van der Waals surface area contributed by atoms with Gasteiger partial charge in [0.2, 0.25) is 10.0 Å². The molecule has 0 spiro atoms. The number of nitrogens with one attached hydrogen (secondary N) is 2. The Balaban J connectivity index is 1.62. The third-order valence-electron chi connectivity index (χ3n) is 4.27. The lowest BCUT2D eigenvalue weighted by Gasteiger charge is -2.26. The zero-order chi connectivity index (χ0) is 21.7. The number of carbonyl (C=O) groups is 1. The molecule has 1 aliphatic heterocycles. The third-order valence-corrected chi connectivity index (χ3v) is 6.38. The smallest absolute Gasteiger partial charge is 0.270 e. The number of ether oxygens (including phenoxy) is 1. The molecule has 30 heavy (non-hydrogen) atoms. The van der Waals surface area contributed by atoms with Gasteiger partial charge in [0.25, 0.3) is 11.6 Å². The van der Waals surface area contributed by atoms with Crippen molar-refractivity contribution in [1.29, 1.82) is 0 Å². The number of non-ortho nitro benzene ring substituents is 1. The number of amides is 1. The van der Waals surface area contributed by atoms with Gasteiger partial charge in [0, 0.05) is 36.5 Å². The summed E-state index contributed by atoms with van der Waals surface area (Å²) in [6.07, 6.45) is 0. The highest BCUT2D eigenvalue weighted by molar-refractivity contribution is 7.89. The van der Waals surface area contributed by atoms with Crippen LogP contribution in [0.15, 0.2) is 53.4 Å². The topological polar surface area (TPSA) is 131 Å². The molecule has 3 rings (SSSR count). The van der Waals surface area contributed by atoms with E-state index in [1.54, 1.807) is 0 Å². The maximum Gasteiger partial charge on any atom is 0.270 e. The maximum atomic E-state index is 12.6. The molecule has 0 aromatic heterocycles. The van der Waals surface area contributed by atoms with Crippen LogP contribution < -0.4 is 10.6 Å². The number of nitro groups is 1. The number of thiocarbonyl (C=S) groups is 1.